The van der Waals surface area contributed by atoms with Gasteiger partial charge in [0.2, 0.25) is 0 Å². The maximum atomic E-state index is 13.7. The van der Waals surface area contributed by atoms with Gasteiger partial charge in [0.1, 0.15) is 11.4 Å². The number of hydrogen-bond acceptors (Lipinski definition) is 2. The third-order valence-electron chi connectivity index (χ3n) is 4.03. The first-order valence-electron chi connectivity index (χ1n) is 7.00. The maximum Gasteiger partial charge on any atom is 0.257 e. The summed E-state index contributed by atoms with van der Waals surface area (Å²) in [6.45, 7) is 2.67. The van der Waals surface area contributed by atoms with Gasteiger partial charge in [0, 0.05) is 6.54 Å². The molecule has 0 heterocycles. The van der Waals surface area contributed by atoms with E-state index in [1.54, 1.807) is 0 Å². The average molecular weight is 282 g/mol. The Bertz CT molecular complexity index is 497. The highest BCUT2D eigenvalue weighted by atomic mass is 19.1. The van der Waals surface area contributed by atoms with Crippen LogP contribution in [0.15, 0.2) is 12.1 Å². The second-order valence-electron chi connectivity index (χ2n) is 5.66. The van der Waals surface area contributed by atoms with E-state index in [2.05, 4.69) is 12.2 Å². The van der Waals surface area contributed by atoms with E-state index in [-0.39, 0.29) is 5.69 Å². The first-order chi connectivity index (χ1) is 9.49. The van der Waals surface area contributed by atoms with E-state index in [1.807, 2.05) is 0 Å². The second-order valence-corrected chi connectivity index (χ2v) is 5.66. The van der Waals surface area contributed by atoms with E-state index in [0.717, 1.165) is 43.7 Å². The number of amides is 1. The van der Waals surface area contributed by atoms with Crippen molar-refractivity contribution in [1.82, 2.24) is 5.32 Å². The molecule has 0 radical (unpaired) electrons. The highest BCUT2D eigenvalue weighted by molar-refractivity contribution is 5.95. The molecule has 110 valence electrons. The molecule has 0 atom stereocenters. The Morgan fingerprint density at radius 1 is 1.30 bits per heavy atom. The molecule has 0 spiro atoms. The number of anilines is 1. The summed E-state index contributed by atoms with van der Waals surface area (Å²) in [4.78, 5) is 11.9. The van der Waals surface area contributed by atoms with Crippen LogP contribution in [0.4, 0.5) is 14.5 Å². The minimum absolute atomic E-state index is 0.219. The standard InChI is InChI=1S/C15H20F2N2O/c1-9-2-4-10(5-3-9)8-19-15(20)13-11(16)6-7-12(18)14(13)17/h6-7,9-10H,2-5,8,18H2,1H3,(H,19,20). The Morgan fingerprint density at radius 2 is 1.95 bits per heavy atom. The Labute approximate surface area is 117 Å². The number of carbonyl (C=O) groups is 1. The zero-order valence-corrected chi connectivity index (χ0v) is 11.6. The molecular weight excluding hydrogens is 262 g/mol. The van der Waals surface area contributed by atoms with Gasteiger partial charge >= 0.3 is 0 Å². The molecule has 1 aliphatic carbocycles. The Balaban J connectivity index is 1.97. The summed E-state index contributed by atoms with van der Waals surface area (Å²) >= 11 is 0. The van der Waals surface area contributed by atoms with Crippen molar-refractivity contribution in [2.24, 2.45) is 11.8 Å². The zero-order chi connectivity index (χ0) is 14.7. The summed E-state index contributed by atoms with van der Waals surface area (Å²) in [5.41, 5.74) is 4.55. The molecular formula is C15H20F2N2O. The largest absolute Gasteiger partial charge is 0.396 e. The molecule has 1 aliphatic rings. The average Bonchev–Trinajstić information content (AvgIpc) is 2.43. The van der Waals surface area contributed by atoms with E-state index in [0.29, 0.717) is 12.5 Å². The second kappa shape index (κ2) is 6.20. The minimum atomic E-state index is -0.986. The minimum Gasteiger partial charge on any atom is -0.396 e. The quantitative estimate of drug-likeness (QED) is 0.837. The molecule has 0 bridgehead atoms. The molecule has 0 saturated heterocycles. The number of nitrogens with one attached hydrogen (secondary N) is 1. The fourth-order valence-electron chi connectivity index (χ4n) is 2.64. The van der Waals surface area contributed by atoms with Gasteiger partial charge in [-0.25, -0.2) is 8.78 Å². The van der Waals surface area contributed by atoms with Crippen LogP contribution in [0.25, 0.3) is 0 Å². The first-order valence-corrected chi connectivity index (χ1v) is 7.00. The summed E-state index contributed by atoms with van der Waals surface area (Å²) in [7, 11) is 0. The summed E-state index contributed by atoms with van der Waals surface area (Å²) in [5, 5.41) is 2.62. The summed E-state index contributed by atoms with van der Waals surface area (Å²) in [5.74, 6) is -1.48. The number of benzene rings is 1. The van der Waals surface area contributed by atoms with Crippen LogP contribution in [0.1, 0.15) is 43.0 Å². The Hall–Kier alpha value is -1.65. The highest BCUT2D eigenvalue weighted by Gasteiger charge is 2.22. The van der Waals surface area contributed by atoms with E-state index < -0.39 is 23.1 Å². The monoisotopic (exact) mass is 282 g/mol. The molecule has 0 aliphatic heterocycles. The molecule has 3 nitrogen and oxygen atoms in total. The maximum absolute atomic E-state index is 13.7. The lowest BCUT2D eigenvalue weighted by atomic mass is 9.83. The molecule has 1 saturated carbocycles. The van der Waals surface area contributed by atoms with Crippen molar-refractivity contribution in [3.05, 3.63) is 29.3 Å². The number of rotatable bonds is 3. The highest BCUT2D eigenvalue weighted by Crippen LogP contribution is 2.27. The van der Waals surface area contributed by atoms with E-state index in [4.69, 9.17) is 5.73 Å². The third kappa shape index (κ3) is 3.26. The van der Waals surface area contributed by atoms with Crippen molar-refractivity contribution >= 4 is 11.6 Å². The van der Waals surface area contributed by atoms with Crippen molar-refractivity contribution in [2.75, 3.05) is 12.3 Å². The van der Waals surface area contributed by atoms with Crippen molar-refractivity contribution in [1.29, 1.82) is 0 Å². The SMILES string of the molecule is CC1CCC(CNC(=O)c2c(F)ccc(N)c2F)CC1. The van der Waals surface area contributed by atoms with Gasteiger partial charge in [-0.05, 0) is 36.8 Å². The van der Waals surface area contributed by atoms with Crippen molar-refractivity contribution in [3.63, 3.8) is 0 Å². The summed E-state index contributed by atoms with van der Waals surface area (Å²) in [6, 6.07) is 2.12. The van der Waals surface area contributed by atoms with Crippen LogP contribution in [0.5, 0.6) is 0 Å². The number of nitrogens with two attached hydrogens (primary N) is 1. The molecule has 2 rings (SSSR count). The first kappa shape index (κ1) is 14.8. The number of carbonyl (C=O) groups excluding carboxylic acids is 1. The van der Waals surface area contributed by atoms with Crippen LogP contribution in [-0.4, -0.2) is 12.5 Å². The molecule has 1 fully saturated rings. The molecule has 0 unspecified atom stereocenters. The zero-order valence-electron chi connectivity index (χ0n) is 11.6. The lowest BCUT2D eigenvalue weighted by Crippen LogP contribution is -2.32. The molecule has 1 aromatic carbocycles. The predicted molar refractivity (Wildman–Crippen MR) is 74.2 cm³/mol. The fraction of sp³-hybridized carbons (Fsp3) is 0.533. The van der Waals surface area contributed by atoms with Crippen LogP contribution in [0.3, 0.4) is 0 Å². The molecule has 5 heteroatoms. The molecule has 20 heavy (non-hydrogen) atoms. The topological polar surface area (TPSA) is 55.1 Å². The Kier molecular flexibility index (Phi) is 4.57. The van der Waals surface area contributed by atoms with Gasteiger partial charge < -0.3 is 11.1 Å². The number of halogens is 2. The predicted octanol–water partition coefficient (Wildman–Crippen LogP) is 3.10. The van der Waals surface area contributed by atoms with Gasteiger partial charge in [-0.1, -0.05) is 19.8 Å². The van der Waals surface area contributed by atoms with Crippen LogP contribution < -0.4 is 11.1 Å². The van der Waals surface area contributed by atoms with Crippen LogP contribution in [0, 0.1) is 23.5 Å². The van der Waals surface area contributed by atoms with E-state index in [9.17, 15) is 13.6 Å². The molecule has 0 aromatic heterocycles. The molecule has 1 amide bonds. The van der Waals surface area contributed by atoms with Crippen LogP contribution in [-0.2, 0) is 0 Å². The van der Waals surface area contributed by atoms with Crippen molar-refractivity contribution < 1.29 is 13.6 Å². The lowest BCUT2D eigenvalue weighted by molar-refractivity contribution is 0.0933. The fourth-order valence-corrected chi connectivity index (χ4v) is 2.64. The Morgan fingerprint density at radius 3 is 2.60 bits per heavy atom. The lowest BCUT2D eigenvalue weighted by Gasteiger charge is -2.26. The van der Waals surface area contributed by atoms with Crippen molar-refractivity contribution in [3.8, 4) is 0 Å². The van der Waals surface area contributed by atoms with Crippen molar-refractivity contribution in [2.45, 2.75) is 32.6 Å². The smallest absolute Gasteiger partial charge is 0.257 e. The van der Waals surface area contributed by atoms with E-state index in [1.165, 1.54) is 0 Å². The van der Waals surface area contributed by atoms with Gasteiger partial charge in [0.05, 0.1) is 5.69 Å². The van der Waals surface area contributed by atoms with Gasteiger partial charge in [-0.3, -0.25) is 4.79 Å². The number of nitrogen functional groups attached to an aromatic ring is 1. The summed E-state index contributed by atoms with van der Waals surface area (Å²) < 4.78 is 27.2. The van der Waals surface area contributed by atoms with Crippen LogP contribution >= 0.6 is 0 Å². The third-order valence-corrected chi connectivity index (χ3v) is 4.03. The van der Waals surface area contributed by atoms with Gasteiger partial charge in [0.15, 0.2) is 5.82 Å². The molecule has 1 aromatic rings. The molecule has 3 N–H and O–H groups in total. The van der Waals surface area contributed by atoms with Gasteiger partial charge in [-0.2, -0.15) is 0 Å². The summed E-state index contributed by atoms with van der Waals surface area (Å²) in [6.07, 6.45) is 4.37. The van der Waals surface area contributed by atoms with Crippen LogP contribution in [0.2, 0.25) is 0 Å². The van der Waals surface area contributed by atoms with Gasteiger partial charge in [-0.15, -0.1) is 0 Å². The van der Waals surface area contributed by atoms with Gasteiger partial charge in [0.25, 0.3) is 5.91 Å². The van der Waals surface area contributed by atoms with E-state index >= 15 is 0 Å². The number of hydrogen-bond donors (Lipinski definition) is 2. The normalized spacial score (nSPS) is 22.6.